The highest BCUT2D eigenvalue weighted by atomic mass is 16.7. The molecule has 504 valence electrons. The number of rotatable bonds is 55. The number of ether oxygens (including phenoxy) is 4. The monoisotopic (exact) mass is 1240 g/mol. The second-order valence-electron chi connectivity index (χ2n) is 23.9. The van der Waals surface area contributed by atoms with E-state index in [1.165, 1.54) is 122 Å². The summed E-state index contributed by atoms with van der Waals surface area (Å²) in [6.07, 6.45) is 66.8. The summed E-state index contributed by atoms with van der Waals surface area (Å²) in [7, 11) is 0. The number of nitrogens with one attached hydrogen (secondary N) is 1. The van der Waals surface area contributed by atoms with Crippen LogP contribution < -0.4 is 5.32 Å². The molecule has 2 heterocycles. The third kappa shape index (κ3) is 41.0. The number of allylic oxidation sites excluding steroid dienone is 19. The maximum Gasteiger partial charge on any atom is 0.220 e. The Morgan fingerprint density at radius 3 is 1.25 bits per heavy atom. The molecule has 0 saturated carbocycles. The number of carbonyl (C=O) groups is 1. The van der Waals surface area contributed by atoms with Crippen molar-refractivity contribution in [1.29, 1.82) is 0 Å². The lowest BCUT2D eigenvalue weighted by Gasteiger charge is -2.46. The van der Waals surface area contributed by atoms with E-state index in [1.54, 1.807) is 6.08 Å². The van der Waals surface area contributed by atoms with Crippen LogP contribution in [0.4, 0.5) is 0 Å². The van der Waals surface area contributed by atoms with Crippen molar-refractivity contribution in [2.24, 2.45) is 0 Å². The van der Waals surface area contributed by atoms with Crippen LogP contribution in [-0.4, -0.2) is 140 Å². The van der Waals surface area contributed by atoms with E-state index in [1.807, 2.05) is 6.08 Å². The van der Waals surface area contributed by atoms with Gasteiger partial charge in [0, 0.05) is 6.42 Å². The minimum absolute atomic E-state index is 0.222. The Labute approximate surface area is 533 Å². The average molecular weight is 1240 g/mol. The molecule has 2 aliphatic rings. The van der Waals surface area contributed by atoms with E-state index < -0.39 is 86.8 Å². The van der Waals surface area contributed by atoms with Crippen LogP contribution in [-0.2, 0) is 23.7 Å². The Bertz CT molecular complexity index is 1940. The van der Waals surface area contributed by atoms with Gasteiger partial charge in [0.05, 0.1) is 32.0 Å². The summed E-state index contributed by atoms with van der Waals surface area (Å²) in [5.74, 6) is -0.289. The van der Waals surface area contributed by atoms with Crippen LogP contribution in [0.5, 0.6) is 0 Å². The third-order valence-electron chi connectivity index (χ3n) is 16.1. The number of carbonyl (C=O) groups excluding carboxylic acids is 1. The number of aliphatic hydroxyl groups is 8. The SMILES string of the molecule is CC/C=C\C/C=C\C/C=C\C/C=C\C/C=C\C/C=C\C/C=C\CCCCCC(=O)NC(COC1OC(CO)C(OC2OC(CO)C(O)C(O)C2O)C(O)C1O)C(O)/C=C/CC/C=C/CC/C=C/CCCCCCCCCCCCCCCCCCCCC. The fourth-order valence-corrected chi connectivity index (χ4v) is 10.6. The van der Waals surface area contributed by atoms with E-state index in [-0.39, 0.29) is 18.9 Å². The van der Waals surface area contributed by atoms with Gasteiger partial charge in [0.1, 0.15) is 48.8 Å². The second kappa shape index (κ2) is 57.3. The lowest BCUT2D eigenvalue weighted by Crippen LogP contribution is -2.65. The maximum absolute atomic E-state index is 13.3. The first-order valence-corrected chi connectivity index (χ1v) is 34.8. The molecule has 12 unspecified atom stereocenters. The van der Waals surface area contributed by atoms with Gasteiger partial charge in [-0.1, -0.05) is 257 Å². The standard InChI is InChI=1S/C74H125NO13/c1-3-5-7-9-11-13-15-17-19-21-23-25-27-29-30-31-32-34-35-37-39-41-43-45-47-49-51-53-55-57-63(78)62(61-85-73-71(84)69(82)72(65(60-77)87-73)88-74-70(83)68(81)67(80)64(59-76)86-74)75-66(79)58-56-54-52-50-48-46-44-42-40-38-36-33-28-26-24-22-20-18-16-14-12-10-8-6-4-2/h6,8,12,14,18,20,24,26,33,36,39-42,46-49,55,57,62-65,67-74,76-78,80-84H,3-5,7,9-11,13,15-17,19,21-23,25,27-32,34-35,37-38,43-45,50-54,56,58-61H2,1-2H3,(H,75,79)/b8-6-,14-12-,20-18-,26-24-,36-33-,41-39+,42-40-,48-46-,49-47+,57-55+. The lowest BCUT2D eigenvalue weighted by molar-refractivity contribution is -0.359. The van der Waals surface area contributed by atoms with Crippen molar-refractivity contribution in [2.45, 2.75) is 319 Å². The predicted octanol–water partition coefficient (Wildman–Crippen LogP) is 14.1. The summed E-state index contributed by atoms with van der Waals surface area (Å²) in [5.41, 5.74) is 0. The molecule has 0 radical (unpaired) electrons. The topological polar surface area (TPSA) is 228 Å². The lowest BCUT2D eigenvalue weighted by atomic mass is 9.97. The minimum atomic E-state index is -1.80. The Kier molecular flexibility index (Phi) is 52.4. The first-order chi connectivity index (χ1) is 43.1. The van der Waals surface area contributed by atoms with E-state index in [0.717, 1.165) is 89.9 Å². The van der Waals surface area contributed by atoms with Crippen molar-refractivity contribution in [3.05, 3.63) is 122 Å². The van der Waals surface area contributed by atoms with Crippen molar-refractivity contribution >= 4 is 5.91 Å². The molecule has 0 aromatic rings. The Morgan fingerprint density at radius 1 is 0.420 bits per heavy atom. The van der Waals surface area contributed by atoms with Gasteiger partial charge in [0.25, 0.3) is 0 Å². The highest BCUT2D eigenvalue weighted by molar-refractivity contribution is 5.76. The summed E-state index contributed by atoms with van der Waals surface area (Å²) < 4.78 is 22.8. The summed E-state index contributed by atoms with van der Waals surface area (Å²) in [6, 6.07) is -0.967. The molecule has 1 amide bonds. The van der Waals surface area contributed by atoms with E-state index in [0.29, 0.717) is 12.8 Å². The second-order valence-corrected chi connectivity index (χ2v) is 23.9. The molecule has 2 aliphatic heterocycles. The normalized spacial score (nSPS) is 23.9. The number of aliphatic hydroxyl groups excluding tert-OH is 8. The van der Waals surface area contributed by atoms with Gasteiger partial charge in [0.2, 0.25) is 5.91 Å². The fourth-order valence-electron chi connectivity index (χ4n) is 10.6. The smallest absolute Gasteiger partial charge is 0.220 e. The van der Waals surface area contributed by atoms with E-state index >= 15 is 0 Å². The fraction of sp³-hybridized carbons (Fsp3) is 0.716. The number of amides is 1. The molecule has 0 aromatic heterocycles. The zero-order valence-electron chi connectivity index (χ0n) is 54.7. The zero-order chi connectivity index (χ0) is 63.8. The zero-order valence-corrected chi connectivity index (χ0v) is 54.7. The molecule has 14 heteroatoms. The molecule has 9 N–H and O–H groups in total. The first-order valence-electron chi connectivity index (χ1n) is 34.8. The summed E-state index contributed by atoms with van der Waals surface area (Å²) in [4.78, 5) is 13.3. The van der Waals surface area contributed by atoms with E-state index in [4.69, 9.17) is 18.9 Å². The summed E-state index contributed by atoms with van der Waals surface area (Å²) in [6.45, 7) is 2.64. The van der Waals surface area contributed by atoms with Gasteiger partial charge in [0.15, 0.2) is 12.6 Å². The van der Waals surface area contributed by atoms with Crippen molar-refractivity contribution in [1.82, 2.24) is 5.32 Å². The molecular weight excluding hydrogens is 1110 g/mol. The average Bonchev–Trinajstić information content (AvgIpc) is 2.07. The van der Waals surface area contributed by atoms with Gasteiger partial charge in [-0.25, -0.2) is 0 Å². The van der Waals surface area contributed by atoms with Crippen LogP contribution in [0.15, 0.2) is 122 Å². The van der Waals surface area contributed by atoms with Gasteiger partial charge < -0.3 is 65.1 Å². The highest BCUT2D eigenvalue weighted by Crippen LogP contribution is 2.30. The van der Waals surface area contributed by atoms with Crippen LogP contribution >= 0.6 is 0 Å². The molecule has 0 spiro atoms. The Hall–Kier alpha value is -3.61. The molecule has 88 heavy (non-hydrogen) atoms. The van der Waals surface area contributed by atoms with Crippen LogP contribution in [0.2, 0.25) is 0 Å². The van der Waals surface area contributed by atoms with Gasteiger partial charge >= 0.3 is 0 Å². The molecule has 2 rings (SSSR count). The van der Waals surface area contributed by atoms with Gasteiger partial charge in [-0.15, -0.1) is 0 Å². The number of hydrogen-bond acceptors (Lipinski definition) is 13. The van der Waals surface area contributed by atoms with Crippen LogP contribution in [0.1, 0.15) is 245 Å². The van der Waals surface area contributed by atoms with Crippen molar-refractivity contribution in [2.75, 3.05) is 19.8 Å². The molecule has 0 bridgehead atoms. The molecule has 12 atom stereocenters. The van der Waals surface area contributed by atoms with E-state index in [9.17, 15) is 45.6 Å². The quantitative estimate of drug-likeness (QED) is 0.0204. The van der Waals surface area contributed by atoms with Crippen molar-refractivity contribution in [3.63, 3.8) is 0 Å². The maximum atomic E-state index is 13.3. The number of unbranched alkanes of at least 4 members (excludes halogenated alkanes) is 24. The molecule has 2 saturated heterocycles. The van der Waals surface area contributed by atoms with Crippen LogP contribution in [0.25, 0.3) is 0 Å². The van der Waals surface area contributed by atoms with Crippen molar-refractivity contribution in [3.8, 4) is 0 Å². The van der Waals surface area contributed by atoms with Crippen molar-refractivity contribution < 1.29 is 64.6 Å². The molecule has 0 aliphatic carbocycles. The number of hydrogen-bond donors (Lipinski definition) is 9. The molecule has 14 nitrogen and oxygen atoms in total. The van der Waals surface area contributed by atoms with Gasteiger partial charge in [-0.3, -0.25) is 4.79 Å². The van der Waals surface area contributed by atoms with E-state index in [2.05, 4.69) is 129 Å². The van der Waals surface area contributed by atoms with Crippen LogP contribution in [0.3, 0.4) is 0 Å². The Balaban J connectivity index is 1.75. The molecule has 0 aromatic carbocycles. The largest absolute Gasteiger partial charge is 0.394 e. The third-order valence-corrected chi connectivity index (χ3v) is 16.1. The van der Waals surface area contributed by atoms with Gasteiger partial charge in [-0.05, 0) is 103 Å². The molecular formula is C74H125NO13. The summed E-state index contributed by atoms with van der Waals surface area (Å²) >= 11 is 0. The first kappa shape index (κ1) is 80.5. The predicted molar refractivity (Wildman–Crippen MR) is 359 cm³/mol. The summed E-state index contributed by atoms with van der Waals surface area (Å²) in [5, 5.41) is 87.4. The van der Waals surface area contributed by atoms with Gasteiger partial charge in [-0.2, -0.15) is 0 Å². The Morgan fingerprint density at radius 2 is 0.795 bits per heavy atom. The highest BCUT2D eigenvalue weighted by Gasteiger charge is 2.51. The minimum Gasteiger partial charge on any atom is -0.394 e. The molecule has 2 fully saturated rings. The van der Waals surface area contributed by atoms with Crippen LogP contribution in [0, 0.1) is 0 Å².